The topological polar surface area (TPSA) is 46.2 Å². The summed E-state index contributed by atoms with van der Waals surface area (Å²) in [6, 6.07) is 18.7. The van der Waals surface area contributed by atoms with E-state index in [0.29, 0.717) is 17.2 Å². The number of rotatable bonds is 6. The zero-order valence-electron chi connectivity index (χ0n) is 17.6. The van der Waals surface area contributed by atoms with E-state index in [1.807, 2.05) is 18.2 Å². The molecule has 0 aliphatic carbocycles. The first-order chi connectivity index (χ1) is 15.2. The molecule has 1 aliphatic rings. The van der Waals surface area contributed by atoms with Crippen molar-refractivity contribution in [3.8, 4) is 28.7 Å². The molecule has 5 nitrogen and oxygen atoms in total. The first kappa shape index (κ1) is 19.7. The van der Waals surface area contributed by atoms with Gasteiger partial charge in [0.1, 0.15) is 0 Å². The lowest BCUT2D eigenvalue weighted by atomic mass is 10.0. The van der Waals surface area contributed by atoms with Crippen molar-refractivity contribution in [1.29, 1.82) is 0 Å². The Morgan fingerprint density at radius 1 is 0.774 bits per heavy atom. The molecule has 1 aliphatic heterocycles. The molecule has 0 N–H and O–H groups in total. The molecule has 0 atom stereocenters. The summed E-state index contributed by atoms with van der Waals surface area (Å²) in [6.45, 7) is 0.239. The van der Waals surface area contributed by atoms with Crippen LogP contribution >= 0.6 is 11.8 Å². The minimum absolute atomic E-state index is 0.239. The normalized spacial score (nSPS) is 12.4. The fourth-order valence-corrected chi connectivity index (χ4v) is 5.13. The molecule has 0 aromatic heterocycles. The molecule has 1 heterocycles. The standard InChI is InChI=1S/C25H22O5S/c1-26-22-12-19-18(23(27-2)24(22)28-3)9-16-10-20-21(30-14-29-20)11-17(16)25(19)31-13-15-7-5-4-6-8-15/h4-12H,13-14H2,1-3H3. The quantitative estimate of drug-likeness (QED) is 0.272. The van der Waals surface area contributed by atoms with Crippen molar-refractivity contribution in [3.05, 3.63) is 60.2 Å². The molecule has 0 spiro atoms. The van der Waals surface area contributed by atoms with Crippen LogP contribution in [-0.4, -0.2) is 28.1 Å². The van der Waals surface area contributed by atoms with Crippen molar-refractivity contribution in [2.24, 2.45) is 0 Å². The van der Waals surface area contributed by atoms with Gasteiger partial charge >= 0.3 is 0 Å². The summed E-state index contributed by atoms with van der Waals surface area (Å²) < 4.78 is 28.3. The van der Waals surface area contributed by atoms with Crippen LogP contribution < -0.4 is 23.7 Å². The molecule has 0 unspecified atom stereocenters. The highest BCUT2D eigenvalue weighted by molar-refractivity contribution is 7.99. The Kier molecular flexibility index (Phi) is 5.16. The molecule has 6 heteroatoms. The maximum absolute atomic E-state index is 5.78. The summed E-state index contributed by atoms with van der Waals surface area (Å²) in [5.74, 6) is 4.22. The van der Waals surface area contributed by atoms with Crippen LogP contribution in [0.1, 0.15) is 5.56 Å². The summed E-state index contributed by atoms with van der Waals surface area (Å²) in [5, 5.41) is 4.16. The summed E-state index contributed by atoms with van der Waals surface area (Å²) >= 11 is 1.78. The van der Waals surface area contributed by atoms with E-state index in [1.165, 1.54) is 5.56 Å². The molecular formula is C25H22O5S. The number of thioether (sulfide) groups is 1. The summed E-state index contributed by atoms with van der Waals surface area (Å²) in [5.41, 5.74) is 1.26. The minimum atomic E-state index is 0.239. The van der Waals surface area contributed by atoms with Crippen molar-refractivity contribution in [2.45, 2.75) is 10.6 Å². The molecule has 0 saturated carbocycles. The van der Waals surface area contributed by atoms with Gasteiger partial charge in [0.05, 0.1) is 21.3 Å². The monoisotopic (exact) mass is 434 g/mol. The summed E-state index contributed by atoms with van der Waals surface area (Å²) in [7, 11) is 4.91. The Bertz CT molecular complexity index is 1270. The molecule has 4 aromatic rings. The molecular weight excluding hydrogens is 412 g/mol. The lowest BCUT2D eigenvalue weighted by Crippen LogP contribution is -1.97. The second-order valence-corrected chi connectivity index (χ2v) is 8.13. The van der Waals surface area contributed by atoms with Crippen LogP contribution in [0.2, 0.25) is 0 Å². The predicted octanol–water partition coefficient (Wildman–Crippen LogP) is 6.04. The molecule has 0 amide bonds. The van der Waals surface area contributed by atoms with Gasteiger partial charge in [-0.2, -0.15) is 0 Å². The maximum atomic E-state index is 5.78. The average Bonchev–Trinajstić information content (AvgIpc) is 3.27. The van der Waals surface area contributed by atoms with E-state index in [2.05, 4.69) is 36.4 Å². The molecule has 0 bridgehead atoms. The van der Waals surface area contributed by atoms with Gasteiger partial charge in [-0.3, -0.25) is 0 Å². The Morgan fingerprint density at radius 2 is 1.52 bits per heavy atom. The van der Waals surface area contributed by atoms with Gasteiger partial charge in [-0.1, -0.05) is 30.3 Å². The highest BCUT2D eigenvalue weighted by atomic mass is 32.2. The third-order valence-corrected chi connectivity index (χ3v) is 6.63. The van der Waals surface area contributed by atoms with Gasteiger partial charge in [0.15, 0.2) is 23.0 Å². The SMILES string of the molecule is COc1cc2c(SCc3ccccc3)c3cc4c(cc3cc2c(OC)c1OC)OCO4. The van der Waals surface area contributed by atoms with Gasteiger partial charge in [0.2, 0.25) is 12.5 Å². The zero-order chi connectivity index (χ0) is 21.4. The Balaban J connectivity index is 1.79. The van der Waals surface area contributed by atoms with Crippen LogP contribution in [0.3, 0.4) is 0 Å². The number of fused-ring (bicyclic) bond motifs is 3. The number of methoxy groups -OCH3 is 3. The molecule has 0 saturated heterocycles. The van der Waals surface area contributed by atoms with Crippen LogP contribution in [0.25, 0.3) is 21.5 Å². The van der Waals surface area contributed by atoms with Gasteiger partial charge in [0, 0.05) is 21.4 Å². The zero-order valence-corrected chi connectivity index (χ0v) is 18.4. The first-order valence-corrected chi connectivity index (χ1v) is 10.9. The Morgan fingerprint density at radius 3 is 2.23 bits per heavy atom. The van der Waals surface area contributed by atoms with E-state index in [0.717, 1.165) is 43.7 Å². The van der Waals surface area contributed by atoms with E-state index >= 15 is 0 Å². The number of ether oxygens (including phenoxy) is 5. The average molecular weight is 435 g/mol. The van der Waals surface area contributed by atoms with E-state index in [4.69, 9.17) is 23.7 Å². The van der Waals surface area contributed by atoms with Crippen LogP contribution in [0, 0.1) is 0 Å². The third kappa shape index (κ3) is 3.37. The van der Waals surface area contributed by atoms with Crippen molar-refractivity contribution in [3.63, 3.8) is 0 Å². The Labute approximate surface area is 184 Å². The van der Waals surface area contributed by atoms with Gasteiger partial charge in [-0.15, -0.1) is 11.8 Å². The van der Waals surface area contributed by atoms with Gasteiger partial charge in [0.25, 0.3) is 0 Å². The maximum Gasteiger partial charge on any atom is 0.231 e. The third-order valence-electron chi connectivity index (χ3n) is 5.43. The summed E-state index contributed by atoms with van der Waals surface area (Å²) in [6.07, 6.45) is 0. The van der Waals surface area contributed by atoms with Crippen molar-refractivity contribution < 1.29 is 23.7 Å². The van der Waals surface area contributed by atoms with Crippen LogP contribution in [0.4, 0.5) is 0 Å². The smallest absolute Gasteiger partial charge is 0.231 e. The van der Waals surface area contributed by atoms with Crippen molar-refractivity contribution >= 4 is 33.3 Å². The van der Waals surface area contributed by atoms with E-state index < -0.39 is 0 Å². The van der Waals surface area contributed by atoms with Gasteiger partial charge < -0.3 is 23.7 Å². The molecule has 31 heavy (non-hydrogen) atoms. The largest absolute Gasteiger partial charge is 0.493 e. The lowest BCUT2D eigenvalue weighted by molar-refractivity contribution is 0.174. The number of hydrogen-bond acceptors (Lipinski definition) is 6. The van der Waals surface area contributed by atoms with Crippen LogP contribution in [-0.2, 0) is 5.75 Å². The second-order valence-electron chi connectivity index (χ2n) is 7.15. The van der Waals surface area contributed by atoms with Gasteiger partial charge in [-0.05, 0) is 40.6 Å². The molecule has 0 fully saturated rings. The number of benzene rings is 4. The van der Waals surface area contributed by atoms with E-state index in [-0.39, 0.29) is 6.79 Å². The van der Waals surface area contributed by atoms with Crippen LogP contribution in [0.5, 0.6) is 28.7 Å². The molecule has 158 valence electrons. The van der Waals surface area contributed by atoms with Crippen LogP contribution in [0.15, 0.2) is 59.5 Å². The Hall–Kier alpha value is -3.25. The lowest BCUT2D eigenvalue weighted by Gasteiger charge is -2.18. The molecule has 4 aromatic carbocycles. The number of hydrogen-bond donors (Lipinski definition) is 0. The predicted molar refractivity (Wildman–Crippen MR) is 123 cm³/mol. The summed E-state index contributed by atoms with van der Waals surface area (Å²) in [4.78, 5) is 1.13. The van der Waals surface area contributed by atoms with Crippen molar-refractivity contribution in [2.75, 3.05) is 28.1 Å². The molecule has 5 rings (SSSR count). The first-order valence-electron chi connectivity index (χ1n) is 9.89. The van der Waals surface area contributed by atoms with E-state index in [9.17, 15) is 0 Å². The second kappa shape index (κ2) is 8.12. The fraction of sp³-hybridized carbons (Fsp3) is 0.200. The van der Waals surface area contributed by atoms with Crippen molar-refractivity contribution in [1.82, 2.24) is 0 Å². The highest BCUT2D eigenvalue weighted by Crippen LogP contribution is 2.50. The minimum Gasteiger partial charge on any atom is -0.493 e. The fourth-order valence-electron chi connectivity index (χ4n) is 3.97. The van der Waals surface area contributed by atoms with E-state index in [1.54, 1.807) is 33.1 Å². The van der Waals surface area contributed by atoms with Gasteiger partial charge in [-0.25, -0.2) is 0 Å². The highest BCUT2D eigenvalue weighted by Gasteiger charge is 2.22. The molecule has 0 radical (unpaired) electrons.